The van der Waals surface area contributed by atoms with Crippen LogP contribution >= 0.6 is 10.7 Å². The summed E-state index contributed by atoms with van der Waals surface area (Å²) in [6.45, 7) is 0. The van der Waals surface area contributed by atoms with E-state index in [0.717, 1.165) is 12.8 Å². The summed E-state index contributed by atoms with van der Waals surface area (Å²) in [7, 11) is 1.72. The van der Waals surface area contributed by atoms with Gasteiger partial charge in [-0.25, -0.2) is 13.4 Å². The van der Waals surface area contributed by atoms with Crippen molar-refractivity contribution in [2.24, 2.45) is 0 Å². The van der Waals surface area contributed by atoms with Gasteiger partial charge in [-0.15, -0.1) is 0 Å². The molecule has 1 aliphatic carbocycles. The van der Waals surface area contributed by atoms with Crippen LogP contribution in [0.1, 0.15) is 24.5 Å². The van der Waals surface area contributed by atoms with Gasteiger partial charge in [0.15, 0.2) is 5.03 Å². The van der Waals surface area contributed by atoms with Crippen molar-refractivity contribution in [1.29, 1.82) is 0 Å². The quantitative estimate of drug-likeness (QED) is 0.774. The van der Waals surface area contributed by atoms with Gasteiger partial charge in [0, 0.05) is 22.8 Å². The lowest BCUT2D eigenvalue weighted by Gasteiger charge is -1.98. The van der Waals surface area contributed by atoms with Crippen LogP contribution in [0.25, 0.3) is 5.65 Å². The van der Waals surface area contributed by atoms with Gasteiger partial charge >= 0.3 is 0 Å². The summed E-state index contributed by atoms with van der Waals surface area (Å²) in [5.41, 5.74) is 1.24. The van der Waals surface area contributed by atoms with Gasteiger partial charge in [-0.05, 0) is 25.0 Å². The molecule has 0 atom stereocenters. The standard InChI is InChI=1S/C10H9ClN2O2S/c11-16(14,15)10-9(7-4-5-7)12-8-3-1-2-6-13(8)10/h1-3,6-7H,4-5H2. The fraction of sp³-hybridized carbons (Fsp3) is 0.300. The Labute approximate surface area is 97.3 Å². The minimum atomic E-state index is -3.75. The Hall–Kier alpha value is -1.07. The van der Waals surface area contributed by atoms with E-state index in [2.05, 4.69) is 4.98 Å². The minimum Gasteiger partial charge on any atom is -0.289 e. The second-order valence-electron chi connectivity index (χ2n) is 3.94. The molecule has 16 heavy (non-hydrogen) atoms. The fourth-order valence-corrected chi connectivity index (χ4v) is 3.17. The highest BCUT2D eigenvalue weighted by atomic mass is 35.7. The second-order valence-corrected chi connectivity index (χ2v) is 6.42. The lowest BCUT2D eigenvalue weighted by Crippen LogP contribution is -1.99. The smallest absolute Gasteiger partial charge is 0.279 e. The van der Waals surface area contributed by atoms with Gasteiger partial charge in [-0.3, -0.25) is 4.40 Å². The van der Waals surface area contributed by atoms with Crippen molar-refractivity contribution in [2.45, 2.75) is 23.8 Å². The molecular formula is C10H9ClN2O2S. The lowest BCUT2D eigenvalue weighted by molar-refractivity contribution is 0.603. The average molecular weight is 257 g/mol. The molecule has 2 aromatic heterocycles. The van der Waals surface area contributed by atoms with Gasteiger partial charge in [-0.2, -0.15) is 0 Å². The molecule has 1 saturated carbocycles. The normalized spacial score (nSPS) is 16.8. The Bertz CT molecular complexity index is 659. The Kier molecular flexibility index (Phi) is 2.03. The number of fused-ring (bicyclic) bond motifs is 1. The third kappa shape index (κ3) is 1.51. The van der Waals surface area contributed by atoms with E-state index in [9.17, 15) is 8.42 Å². The zero-order valence-corrected chi connectivity index (χ0v) is 9.87. The summed E-state index contributed by atoms with van der Waals surface area (Å²) in [4.78, 5) is 4.34. The number of hydrogen-bond donors (Lipinski definition) is 0. The Morgan fingerprint density at radius 3 is 2.75 bits per heavy atom. The number of rotatable bonds is 2. The van der Waals surface area contributed by atoms with E-state index in [1.165, 1.54) is 4.40 Å². The molecule has 1 aliphatic rings. The minimum absolute atomic E-state index is 0.132. The maximum absolute atomic E-state index is 11.6. The molecule has 84 valence electrons. The van der Waals surface area contributed by atoms with Crippen molar-refractivity contribution in [1.82, 2.24) is 9.38 Å². The van der Waals surface area contributed by atoms with Crippen LogP contribution in [0.15, 0.2) is 29.4 Å². The zero-order chi connectivity index (χ0) is 11.3. The first-order chi connectivity index (χ1) is 7.57. The van der Waals surface area contributed by atoms with Crippen LogP contribution in [0, 0.1) is 0 Å². The third-order valence-corrected chi connectivity index (χ3v) is 4.01. The zero-order valence-electron chi connectivity index (χ0n) is 8.30. The summed E-state index contributed by atoms with van der Waals surface area (Å²) in [6, 6.07) is 5.36. The van der Waals surface area contributed by atoms with E-state index in [0.29, 0.717) is 11.3 Å². The van der Waals surface area contributed by atoms with Crippen LogP contribution in [0.4, 0.5) is 0 Å². The van der Waals surface area contributed by atoms with E-state index in [-0.39, 0.29) is 10.9 Å². The average Bonchev–Trinajstić information content (AvgIpc) is 2.96. The molecule has 0 aromatic carbocycles. The molecular weight excluding hydrogens is 248 g/mol. The van der Waals surface area contributed by atoms with Crippen molar-refractivity contribution in [3.63, 3.8) is 0 Å². The molecule has 0 saturated heterocycles. The molecule has 6 heteroatoms. The Morgan fingerprint density at radius 1 is 1.38 bits per heavy atom. The van der Waals surface area contributed by atoms with Gasteiger partial charge in [-0.1, -0.05) is 6.07 Å². The van der Waals surface area contributed by atoms with Crippen molar-refractivity contribution in [3.8, 4) is 0 Å². The predicted octanol–water partition coefficient (Wildman–Crippen LogP) is 2.14. The van der Waals surface area contributed by atoms with Gasteiger partial charge in [0.1, 0.15) is 5.65 Å². The largest absolute Gasteiger partial charge is 0.289 e. The molecule has 0 bridgehead atoms. The summed E-state index contributed by atoms with van der Waals surface area (Å²) in [6.07, 6.45) is 3.65. The number of imidazole rings is 1. The van der Waals surface area contributed by atoms with Crippen molar-refractivity contribution >= 4 is 25.4 Å². The molecule has 0 N–H and O–H groups in total. The van der Waals surface area contributed by atoms with Crippen LogP contribution in [-0.4, -0.2) is 17.8 Å². The number of aromatic nitrogens is 2. The molecule has 4 nitrogen and oxygen atoms in total. The van der Waals surface area contributed by atoms with Crippen molar-refractivity contribution < 1.29 is 8.42 Å². The first-order valence-corrected chi connectivity index (χ1v) is 7.30. The maximum atomic E-state index is 11.6. The van der Waals surface area contributed by atoms with Gasteiger partial charge in [0.2, 0.25) is 0 Å². The van der Waals surface area contributed by atoms with Crippen LogP contribution in [-0.2, 0) is 9.05 Å². The SMILES string of the molecule is O=S(=O)(Cl)c1c(C2CC2)nc2ccccn12. The molecule has 0 radical (unpaired) electrons. The summed E-state index contributed by atoms with van der Waals surface area (Å²) < 4.78 is 24.7. The molecule has 0 unspecified atom stereocenters. The molecule has 2 aromatic rings. The first-order valence-electron chi connectivity index (χ1n) is 4.99. The van der Waals surface area contributed by atoms with Gasteiger partial charge < -0.3 is 0 Å². The fourth-order valence-electron chi connectivity index (χ4n) is 1.86. The van der Waals surface area contributed by atoms with Gasteiger partial charge in [0.25, 0.3) is 9.05 Å². The maximum Gasteiger partial charge on any atom is 0.279 e. The lowest BCUT2D eigenvalue weighted by atomic mass is 10.3. The van der Waals surface area contributed by atoms with Gasteiger partial charge in [0.05, 0.1) is 5.69 Å². The topological polar surface area (TPSA) is 51.4 Å². The number of hydrogen-bond acceptors (Lipinski definition) is 3. The molecule has 3 rings (SSSR count). The van der Waals surface area contributed by atoms with E-state index in [1.54, 1.807) is 18.3 Å². The molecule has 1 fully saturated rings. The van der Waals surface area contributed by atoms with Crippen LogP contribution < -0.4 is 0 Å². The van der Waals surface area contributed by atoms with E-state index < -0.39 is 9.05 Å². The van der Waals surface area contributed by atoms with Crippen LogP contribution in [0.5, 0.6) is 0 Å². The highest BCUT2D eigenvalue weighted by Crippen LogP contribution is 2.43. The highest BCUT2D eigenvalue weighted by molar-refractivity contribution is 8.13. The highest BCUT2D eigenvalue weighted by Gasteiger charge is 2.34. The Balaban J connectivity index is 2.40. The van der Waals surface area contributed by atoms with E-state index in [1.807, 2.05) is 6.07 Å². The Morgan fingerprint density at radius 2 is 2.12 bits per heavy atom. The second kappa shape index (κ2) is 3.21. The molecule has 0 aliphatic heterocycles. The predicted molar refractivity (Wildman–Crippen MR) is 60.2 cm³/mol. The molecule has 2 heterocycles. The summed E-state index contributed by atoms with van der Waals surface area (Å²) in [5, 5.41) is 0.132. The van der Waals surface area contributed by atoms with E-state index >= 15 is 0 Å². The third-order valence-electron chi connectivity index (χ3n) is 2.71. The monoisotopic (exact) mass is 256 g/mol. The number of halogens is 1. The summed E-state index contributed by atoms with van der Waals surface area (Å²) >= 11 is 0. The van der Waals surface area contributed by atoms with Crippen LogP contribution in [0.3, 0.4) is 0 Å². The van der Waals surface area contributed by atoms with E-state index in [4.69, 9.17) is 10.7 Å². The number of pyridine rings is 1. The molecule has 0 spiro atoms. The van der Waals surface area contributed by atoms with Crippen LogP contribution in [0.2, 0.25) is 0 Å². The summed E-state index contributed by atoms with van der Waals surface area (Å²) in [5.74, 6) is 0.253. The number of nitrogens with zero attached hydrogens (tertiary/aromatic N) is 2. The first kappa shape index (κ1) is 10.1. The van der Waals surface area contributed by atoms with Crippen molar-refractivity contribution in [3.05, 3.63) is 30.1 Å². The molecule has 0 amide bonds. The van der Waals surface area contributed by atoms with Crippen molar-refractivity contribution in [2.75, 3.05) is 0 Å².